The summed E-state index contributed by atoms with van der Waals surface area (Å²) in [5, 5.41) is 2.29. The molecule has 8 heteroatoms. The standard InChI is InChI=1S/C24H24N2O6/c1-24(2,3)32-23(30)14-4-7-16(8-5-14)31-17-9-6-15-13-26(22(29)18(15)12-17)19-10-11-20(27)25-21(19)28/h4-9,12,19H,10-11,13H2,1-3H3,(H,25,27,28). The van der Waals surface area contributed by atoms with Crippen LogP contribution in [0.15, 0.2) is 42.5 Å². The topological polar surface area (TPSA) is 102 Å². The zero-order chi connectivity index (χ0) is 23.0. The molecule has 2 heterocycles. The van der Waals surface area contributed by atoms with Gasteiger partial charge in [-0.1, -0.05) is 6.07 Å². The first-order chi connectivity index (χ1) is 15.1. The molecule has 4 rings (SSSR count). The summed E-state index contributed by atoms with van der Waals surface area (Å²) < 4.78 is 11.2. The van der Waals surface area contributed by atoms with Gasteiger partial charge in [0.2, 0.25) is 11.8 Å². The fourth-order valence-electron chi connectivity index (χ4n) is 3.73. The van der Waals surface area contributed by atoms with Gasteiger partial charge in [-0.05, 0) is 69.2 Å². The number of amides is 3. The maximum Gasteiger partial charge on any atom is 0.338 e. The molecule has 8 nitrogen and oxygen atoms in total. The number of rotatable bonds is 4. The highest BCUT2D eigenvalue weighted by atomic mass is 16.6. The van der Waals surface area contributed by atoms with Crippen molar-refractivity contribution in [3.8, 4) is 11.5 Å². The van der Waals surface area contributed by atoms with Gasteiger partial charge < -0.3 is 14.4 Å². The molecule has 0 aromatic heterocycles. The molecule has 2 aromatic rings. The molecule has 0 spiro atoms. The van der Waals surface area contributed by atoms with Crippen LogP contribution in [-0.2, 0) is 20.9 Å². The summed E-state index contributed by atoms with van der Waals surface area (Å²) in [6, 6.07) is 11.1. The van der Waals surface area contributed by atoms with Crippen LogP contribution in [0, 0.1) is 0 Å². The fraction of sp³-hybridized carbons (Fsp3) is 0.333. The SMILES string of the molecule is CC(C)(C)OC(=O)c1ccc(Oc2ccc3c(c2)C(=O)N(C2CCC(=O)NC2=O)C3)cc1. The Morgan fingerprint density at radius 2 is 1.72 bits per heavy atom. The molecular formula is C24H24N2O6. The zero-order valence-corrected chi connectivity index (χ0v) is 18.1. The van der Waals surface area contributed by atoms with Gasteiger partial charge in [-0.25, -0.2) is 4.79 Å². The number of hydrogen-bond acceptors (Lipinski definition) is 6. The van der Waals surface area contributed by atoms with E-state index in [1.54, 1.807) is 63.2 Å². The monoisotopic (exact) mass is 436 g/mol. The van der Waals surface area contributed by atoms with Crippen LogP contribution in [0.25, 0.3) is 0 Å². The molecule has 0 bridgehead atoms. The third-order valence-electron chi connectivity index (χ3n) is 5.22. The average Bonchev–Trinajstić information content (AvgIpc) is 3.03. The molecule has 0 saturated carbocycles. The highest BCUT2D eigenvalue weighted by Gasteiger charge is 2.39. The number of nitrogens with one attached hydrogen (secondary N) is 1. The summed E-state index contributed by atoms with van der Waals surface area (Å²) in [7, 11) is 0. The molecular weight excluding hydrogens is 412 g/mol. The van der Waals surface area contributed by atoms with E-state index in [-0.39, 0.29) is 18.2 Å². The van der Waals surface area contributed by atoms with Gasteiger partial charge in [0.05, 0.1) is 5.56 Å². The van der Waals surface area contributed by atoms with E-state index < -0.39 is 23.5 Å². The Morgan fingerprint density at radius 1 is 1.03 bits per heavy atom. The summed E-state index contributed by atoms with van der Waals surface area (Å²) in [6.07, 6.45) is 0.530. The minimum atomic E-state index is -0.655. The summed E-state index contributed by atoms with van der Waals surface area (Å²) >= 11 is 0. The van der Waals surface area contributed by atoms with Crippen LogP contribution in [0.1, 0.15) is 59.9 Å². The van der Waals surface area contributed by atoms with Crippen LogP contribution in [0.5, 0.6) is 11.5 Å². The highest BCUT2D eigenvalue weighted by Crippen LogP contribution is 2.32. The lowest BCUT2D eigenvalue weighted by Crippen LogP contribution is -2.52. The Hall–Kier alpha value is -3.68. The van der Waals surface area contributed by atoms with E-state index in [0.717, 1.165) is 5.56 Å². The minimum absolute atomic E-state index is 0.212. The second kappa shape index (κ2) is 8.11. The fourth-order valence-corrected chi connectivity index (χ4v) is 3.73. The number of carbonyl (C=O) groups is 4. The zero-order valence-electron chi connectivity index (χ0n) is 18.1. The second-order valence-corrected chi connectivity index (χ2v) is 8.85. The van der Waals surface area contributed by atoms with Crippen molar-refractivity contribution in [1.29, 1.82) is 0 Å². The molecule has 0 aliphatic carbocycles. The summed E-state index contributed by atoms with van der Waals surface area (Å²) in [4.78, 5) is 50.1. The third kappa shape index (κ3) is 4.49. The van der Waals surface area contributed by atoms with E-state index >= 15 is 0 Å². The van der Waals surface area contributed by atoms with E-state index in [0.29, 0.717) is 35.6 Å². The van der Waals surface area contributed by atoms with Crippen molar-refractivity contribution in [3.63, 3.8) is 0 Å². The Balaban J connectivity index is 1.45. The summed E-state index contributed by atoms with van der Waals surface area (Å²) in [5.74, 6) is -0.467. The Morgan fingerprint density at radius 3 is 2.38 bits per heavy atom. The van der Waals surface area contributed by atoms with Crippen LogP contribution >= 0.6 is 0 Å². The number of imide groups is 1. The van der Waals surface area contributed by atoms with E-state index in [1.807, 2.05) is 0 Å². The number of hydrogen-bond donors (Lipinski definition) is 1. The molecule has 1 unspecified atom stereocenters. The van der Waals surface area contributed by atoms with Crippen molar-refractivity contribution in [1.82, 2.24) is 10.2 Å². The first-order valence-electron chi connectivity index (χ1n) is 10.4. The predicted molar refractivity (Wildman–Crippen MR) is 114 cm³/mol. The van der Waals surface area contributed by atoms with Crippen LogP contribution < -0.4 is 10.1 Å². The lowest BCUT2D eigenvalue weighted by atomic mass is 10.0. The Bertz CT molecular complexity index is 1100. The number of fused-ring (bicyclic) bond motifs is 1. The van der Waals surface area contributed by atoms with Gasteiger partial charge in [-0.3, -0.25) is 19.7 Å². The number of nitrogens with zero attached hydrogens (tertiary/aromatic N) is 1. The summed E-state index contributed by atoms with van der Waals surface area (Å²) in [6.45, 7) is 5.72. The number of piperidine rings is 1. The largest absolute Gasteiger partial charge is 0.457 e. The van der Waals surface area contributed by atoms with Crippen molar-refractivity contribution < 1.29 is 28.7 Å². The van der Waals surface area contributed by atoms with Gasteiger partial charge in [0.1, 0.15) is 23.1 Å². The first kappa shape index (κ1) is 21.5. The van der Waals surface area contributed by atoms with Crippen LogP contribution in [0.4, 0.5) is 0 Å². The Kier molecular flexibility index (Phi) is 5.46. The van der Waals surface area contributed by atoms with E-state index in [1.165, 1.54) is 4.90 Å². The molecule has 166 valence electrons. The molecule has 2 aliphatic heterocycles. The molecule has 1 fully saturated rings. The van der Waals surface area contributed by atoms with Crippen molar-refractivity contribution in [2.24, 2.45) is 0 Å². The molecule has 3 amide bonds. The van der Waals surface area contributed by atoms with Gasteiger partial charge in [-0.2, -0.15) is 0 Å². The molecule has 2 aliphatic rings. The predicted octanol–water partition coefficient (Wildman–Crippen LogP) is 3.20. The normalized spacial score (nSPS) is 18.3. The van der Waals surface area contributed by atoms with Gasteiger partial charge in [0.15, 0.2) is 0 Å². The van der Waals surface area contributed by atoms with Gasteiger partial charge in [0, 0.05) is 18.5 Å². The van der Waals surface area contributed by atoms with Crippen LogP contribution in [0.3, 0.4) is 0 Å². The van der Waals surface area contributed by atoms with E-state index in [4.69, 9.17) is 9.47 Å². The van der Waals surface area contributed by atoms with Crippen LogP contribution in [-0.4, -0.2) is 40.2 Å². The molecule has 32 heavy (non-hydrogen) atoms. The maximum atomic E-state index is 12.9. The van der Waals surface area contributed by atoms with Gasteiger partial charge in [-0.15, -0.1) is 0 Å². The lowest BCUT2D eigenvalue weighted by molar-refractivity contribution is -0.136. The van der Waals surface area contributed by atoms with E-state index in [2.05, 4.69) is 5.32 Å². The van der Waals surface area contributed by atoms with E-state index in [9.17, 15) is 19.2 Å². The molecule has 2 aromatic carbocycles. The Labute approximate surface area is 185 Å². The lowest BCUT2D eigenvalue weighted by Gasteiger charge is -2.29. The molecule has 1 N–H and O–H groups in total. The quantitative estimate of drug-likeness (QED) is 0.583. The second-order valence-electron chi connectivity index (χ2n) is 8.85. The number of ether oxygens (including phenoxy) is 2. The average molecular weight is 436 g/mol. The van der Waals surface area contributed by atoms with Gasteiger partial charge >= 0.3 is 5.97 Å². The smallest absolute Gasteiger partial charge is 0.338 e. The first-order valence-corrected chi connectivity index (χ1v) is 10.4. The highest BCUT2D eigenvalue weighted by molar-refractivity contribution is 6.05. The molecule has 0 radical (unpaired) electrons. The number of esters is 1. The third-order valence-corrected chi connectivity index (χ3v) is 5.22. The number of benzene rings is 2. The van der Waals surface area contributed by atoms with Crippen LogP contribution in [0.2, 0.25) is 0 Å². The van der Waals surface area contributed by atoms with Crippen molar-refractivity contribution >= 4 is 23.7 Å². The number of carbonyl (C=O) groups excluding carboxylic acids is 4. The maximum absolute atomic E-state index is 12.9. The van der Waals surface area contributed by atoms with Crippen molar-refractivity contribution in [2.45, 2.75) is 51.8 Å². The van der Waals surface area contributed by atoms with Crippen molar-refractivity contribution in [2.75, 3.05) is 0 Å². The molecule has 1 atom stereocenters. The minimum Gasteiger partial charge on any atom is -0.457 e. The summed E-state index contributed by atoms with van der Waals surface area (Å²) in [5.41, 5.74) is 1.10. The molecule has 1 saturated heterocycles. The van der Waals surface area contributed by atoms with Crippen molar-refractivity contribution in [3.05, 3.63) is 59.2 Å². The van der Waals surface area contributed by atoms with Gasteiger partial charge in [0.25, 0.3) is 5.91 Å².